The number of nitrogens with zero attached hydrogens (tertiary/aromatic N) is 3. The van der Waals surface area contributed by atoms with Crippen molar-refractivity contribution in [2.24, 2.45) is 0 Å². The van der Waals surface area contributed by atoms with Crippen molar-refractivity contribution in [1.29, 1.82) is 0 Å². The van der Waals surface area contributed by atoms with Gasteiger partial charge in [-0.3, -0.25) is 0 Å². The van der Waals surface area contributed by atoms with E-state index in [1.165, 1.54) is 23.3 Å². The summed E-state index contributed by atoms with van der Waals surface area (Å²) >= 11 is 0. The van der Waals surface area contributed by atoms with Crippen LogP contribution in [0.2, 0.25) is 0 Å². The molecule has 0 amide bonds. The van der Waals surface area contributed by atoms with Crippen molar-refractivity contribution in [3.05, 3.63) is 83.2 Å². The molecule has 5 rings (SSSR count). The van der Waals surface area contributed by atoms with Gasteiger partial charge in [-0.2, -0.15) is 4.98 Å². The minimum atomic E-state index is -0.268. The van der Waals surface area contributed by atoms with Gasteiger partial charge in [-0.25, -0.2) is 9.37 Å². The number of fused-ring (bicyclic) bond motifs is 2. The highest BCUT2D eigenvalue weighted by atomic mass is 35.5. The molecule has 0 aliphatic carbocycles. The summed E-state index contributed by atoms with van der Waals surface area (Å²) in [5, 5.41) is 4.23. The lowest BCUT2D eigenvalue weighted by molar-refractivity contribution is 0.419. The molecule has 0 bridgehead atoms. The number of hydrogen-bond acceptors (Lipinski definition) is 5. The Balaban J connectivity index is 0.00000259. The van der Waals surface area contributed by atoms with Gasteiger partial charge in [-0.15, -0.1) is 12.4 Å². The van der Waals surface area contributed by atoms with E-state index in [1.807, 2.05) is 25.1 Å². The van der Waals surface area contributed by atoms with Crippen molar-refractivity contribution < 1.29 is 9.13 Å². The highest BCUT2D eigenvalue weighted by Crippen LogP contribution is 2.38. The first-order valence-corrected chi connectivity index (χ1v) is 10.8. The summed E-state index contributed by atoms with van der Waals surface area (Å²) in [5.41, 5.74) is 5.00. The molecule has 1 aromatic heterocycles. The molecule has 0 fully saturated rings. The highest BCUT2D eigenvalue weighted by molar-refractivity contribution is 5.95. The summed E-state index contributed by atoms with van der Waals surface area (Å²) in [6.45, 7) is 4.93. The van der Waals surface area contributed by atoms with Gasteiger partial charge in [0, 0.05) is 17.6 Å². The Hall–Kier alpha value is -3.38. The van der Waals surface area contributed by atoms with Crippen molar-refractivity contribution in [2.45, 2.75) is 26.3 Å². The van der Waals surface area contributed by atoms with Gasteiger partial charge in [0.25, 0.3) is 0 Å². The monoisotopic (exact) mass is 464 g/mol. The molecule has 0 saturated heterocycles. The average Bonchev–Trinajstić information content (AvgIpc) is 2.80. The number of ether oxygens (including phenoxy) is 1. The lowest BCUT2D eigenvalue weighted by Crippen LogP contribution is -2.34. The average molecular weight is 465 g/mol. The van der Waals surface area contributed by atoms with Crippen LogP contribution in [0.15, 0.2) is 60.7 Å². The van der Waals surface area contributed by atoms with Crippen LogP contribution in [-0.4, -0.2) is 23.6 Å². The van der Waals surface area contributed by atoms with E-state index in [1.54, 1.807) is 13.2 Å². The van der Waals surface area contributed by atoms with Crippen LogP contribution in [0.3, 0.4) is 0 Å². The van der Waals surface area contributed by atoms with Gasteiger partial charge >= 0.3 is 0 Å². The second-order valence-corrected chi connectivity index (χ2v) is 8.13. The Bertz CT molecular complexity index is 1310. The first-order valence-electron chi connectivity index (χ1n) is 10.8. The van der Waals surface area contributed by atoms with Gasteiger partial charge in [-0.1, -0.05) is 30.3 Å². The van der Waals surface area contributed by atoms with Gasteiger partial charge in [0.1, 0.15) is 22.9 Å². The molecule has 0 spiro atoms. The third-order valence-electron chi connectivity index (χ3n) is 6.19. The van der Waals surface area contributed by atoms with Crippen molar-refractivity contribution in [3.63, 3.8) is 0 Å². The topological polar surface area (TPSA) is 50.3 Å². The summed E-state index contributed by atoms with van der Waals surface area (Å²) in [6, 6.07) is 19.3. The zero-order valence-corrected chi connectivity index (χ0v) is 19.6. The summed E-state index contributed by atoms with van der Waals surface area (Å²) in [5.74, 6) is 1.74. The Labute approximate surface area is 199 Å². The molecule has 2 heterocycles. The molecule has 170 valence electrons. The second kappa shape index (κ2) is 9.24. The maximum atomic E-state index is 13.6. The van der Waals surface area contributed by atoms with E-state index in [0.29, 0.717) is 11.7 Å². The minimum Gasteiger partial charge on any atom is -0.494 e. The maximum Gasteiger partial charge on any atom is 0.229 e. The number of methoxy groups -OCH3 is 1. The minimum absolute atomic E-state index is 0. The number of anilines is 3. The Morgan fingerprint density at radius 3 is 2.67 bits per heavy atom. The molecule has 1 unspecified atom stereocenters. The zero-order valence-electron chi connectivity index (χ0n) is 18.8. The van der Waals surface area contributed by atoms with Crippen molar-refractivity contribution in [2.75, 3.05) is 23.9 Å². The Morgan fingerprint density at radius 1 is 1.06 bits per heavy atom. The predicted octanol–water partition coefficient (Wildman–Crippen LogP) is 6.38. The smallest absolute Gasteiger partial charge is 0.229 e. The number of halogens is 2. The van der Waals surface area contributed by atoms with Crippen LogP contribution < -0.4 is 15.0 Å². The first-order chi connectivity index (χ1) is 15.5. The number of para-hydroxylation sites is 1. The van der Waals surface area contributed by atoms with E-state index in [0.717, 1.165) is 40.9 Å². The lowest BCUT2D eigenvalue weighted by Gasteiger charge is -2.37. The van der Waals surface area contributed by atoms with E-state index >= 15 is 0 Å². The molecular formula is C26H26ClFN4O. The Morgan fingerprint density at radius 2 is 1.88 bits per heavy atom. The van der Waals surface area contributed by atoms with Crippen LogP contribution in [0.4, 0.5) is 21.8 Å². The van der Waals surface area contributed by atoms with Crippen LogP contribution in [0.1, 0.15) is 29.7 Å². The molecule has 1 aliphatic rings. The second-order valence-electron chi connectivity index (χ2n) is 8.13. The molecule has 4 aromatic rings. The van der Waals surface area contributed by atoms with Crippen LogP contribution in [0, 0.1) is 12.7 Å². The van der Waals surface area contributed by atoms with Crippen LogP contribution >= 0.6 is 12.4 Å². The first kappa shape index (κ1) is 22.8. The van der Waals surface area contributed by atoms with E-state index in [4.69, 9.17) is 14.7 Å². The molecular weight excluding hydrogens is 439 g/mol. The maximum absolute atomic E-state index is 13.6. The fourth-order valence-corrected chi connectivity index (χ4v) is 4.50. The van der Waals surface area contributed by atoms with Gasteiger partial charge in [-0.05, 0) is 67.3 Å². The lowest BCUT2D eigenvalue weighted by atomic mass is 9.93. The SMILES string of the molecule is COc1cccc2c(N3CCc4ccccc4C3C)nc(Nc3ccc(F)cc3C)nc12.Cl. The Kier molecular flexibility index (Phi) is 6.38. The van der Waals surface area contributed by atoms with Gasteiger partial charge in [0.05, 0.1) is 13.2 Å². The van der Waals surface area contributed by atoms with Crippen LogP contribution in [0.25, 0.3) is 10.9 Å². The number of hydrogen-bond donors (Lipinski definition) is 1. The van der Waals surface area contributed by atoms with Crippen LogP contribution in [0.5, 0.6) is 5.75 Å². The zero-order chi connectivity index (χ0) is 22.2. The fraction of sp³-hybridized carbons (Fsp3) is 0.231. The third kappa shape index (κ3) is 4.18. The van der Waals surface area contributed by atoms with E-state index < -0.39 is 0 Å². The van der Waals surface area contributed by atoms with Crippen molar-refractivity contribution in [1.82, 2.24) is 9.97 Å². The van der Waals surface area contributed by atoms with Gasteiger partial charge in [0.2, 0.25) is 5.95 Å². The predicted molar refractivity (Wildman–Crippen MR) is 134 cm³/mol. The number of nitrogens with one attached hydrogen (secondary N) is 1. The molecule has 33 heavy (non-hydrogen) atoms. The summed E-state index contributed by atoms with van der Waals surface area (Å²) in [4.78, 5) is 12.0. The molecule has 3 aromatic carbocycles. The molecule has 0 radical (unpaired) electrons. The fourth-order valence-electron chi connectivity index (χ4n) is 4.50. The van der Waals surface area contributed by atoms with Gasteiger partial charge in [0.15, 0.2) is 0 Å². The molecule has 7 heteroatoms. The molecule has 1 N–H and O–H groups in total. The number of benzene rings is 3. The van der Waals surface area contributed by atoms with Crippen molar-refractivity contribution >= 4 is 40.8 Å². The third-order valence-corrected chi connectivity index (χ3v) is 6.19. The van der Waals surface area contributed by atoms with Crippen LogP contribution in [-0.2, 0) is 6.42 Å². The molecule has 0 saturated carbocycles. The normalized spacial score (nSPS) is 15.0. The number of rotatable bonds is 4. The number of aryl methyl sites for hydroxylation is 1. The standard InChI is InChI=1S/C26H25FN4O.ClH/c1-16-15-19(27)11-12-22(16)28-26-29-24-21(9-6-10-23(24)32-3)25(30-26)31-14-13-18-7-4-5-8-20(18)17(31)2;/h4-12,15,17H,13-14H2,1-3H3,(H,28,29,30);1H. The molecule has 1 aliphatic heterocycles. The van der Waals surface area contributed by atoms with E-state index in [9.17, 15) is 4.39 Å². The highest BCUT2D eigenvalue weighted by Gasteiger charge is 2.27. The largest absolute Gasteiger partial charge is 0.494 e. The van der Waals surface area contributed by atoms with E-state index in [2.05, 4.69) is 41.4 Å². The van der Waals surface area contributed by atoms with Crippen molar-refractivity contribution in [3.8, 4) is 5.75 Å². The van der Waals surface area contributed by atoms with Gasteiger partial charge < -0.3 is 15.0 Å². The quantitative estimate of drug-likeness (QED) is 0.380. The molecule has 1 atom stereocenters. The van der Waals surface area contributed by atoms with E-state index in [-0.39, 0.29) is 24.3 Å². The summed E-state index contributed by atoms with van der Waals surface area (Å²) in [6.07, 6.45) is 0.954. The summed E-state index contributed by atoms with van der Waals surface area (Å²) < 4.78 is 19.2. The molecule has 5 nitrogen and oxygen atoms in total. The number of aromatic nitrogens is 2. The summed E-state index contributed by atoms with van der Waals surface area (Å²) in [7, 11) is 1.65.